The molecule has 1 aliphatic rings. The lowest BCUT2D eigenvalue weighted by atomic mass is 9.97. The molecular weight excluding hydrogens is 270 g/mol. The molecule has 5 heteroatoms. The van der Waals surface area contributed by atoms with Crippen LogP contribution in [0.5, 0.6) is 5.75 Å². The van der Waals surface area contributed by atoms with E-state index in [0.717, 1.165) is 29.7 Å². The van der Waals surface area contributed by atoms with Crippen LogP contribution < -0.4 is 10.1 Å². The molecule has 1 aromatic rings. The van der Waals surface area contributed by atoms with Crippen molar-refractivity contribution < 1.29 is 19.4 Å². The van der Waals surface area contributed by atoms with Crippen molar-refractivity contribution >= 4 is 5.97 Å². The van der Waals surface area contributed by atoms with E-state index in [0.29, 0.717) is 6.04 Å². The van der Waals surface area contributed by atoms with Gasteiger partial charge in [0, 0.05) is 12.1 Å². The minimum absolute atomic E-state index is 0.152. The van der Waals surface area contributed by atoms with Gasteiger partial charge in [-0.3, -0.25) is 4.79 Å². The lowest BCUT2D eigenvalue weighted by Crippen LogP contribution is -2.38. The van der Waals surface area contributed by atoms with Crippen molar-refractivity contribution in [3.8, 4) is 5.75 Å². The molecule has 0 aromatic heterocycles. The smallest absolute Gasteiger partial charge is 0.307 e. The molecule has 0 heterocycles. The summed E-state index contributed by atoms with van der Waals surface area (Å²) in [5, 5.41) is 13.9. The highest BCUT2D eigenvalue weighted by Gasteiger charge is 2.31. The van der Waals surface area contributed by atoms with Crippen molar-refractivity contribution in [2.75, 3.05) is 14.2 Å². The third-order valence-electron chi connectivity index (χ3n) is 3.78. The summed E-state index contributed by atoms with van der Waals surface area (Å²) in [5.74, 6) is 0.461. The molecule has 1 aliphatic carbocycles. The van der Waals surface area contributed by atoms with Gasteiger partial charge in [0.1, 0.15) is 5.75 Å². The Morgan fingerprint density at radius 2 is 2.14 bits per heavy atom. The van der Waals surface area contributed by atoms with E-state index in [-0.39, 0.29) is 18.4 Å². The quantitative estimate of drug-likeness (QED) is 0.749. The Morgan fingerprint density at radius 3 is 2.67 bits per heavy atom. The monoisotopic (exact) mass is 293 g/mol. The fourth-order valence-electron chi connectivity index (χ4n) is 2.40. The third-order valence-corrected chi connectivity index (χ3v) is 3.78. The van der Waals surface area contributed by atoms with Crippen molar-refractivity contribution in [1.82, 2.24) is 5.32 Å². The van der Waals surface area contributed by atoms with Gasteiger partial charge in [-0.15, -0.1) is 0 Å². The third kappa shape index (κ3) is 4.19. The molecule has 5 nitrogen and oxygen atoms in total. The average Bonchev–Trinajstić information content (AvgIpc) is 3.29. The van der Waals surface area contributed by atoms with Gasteiger partial charge in [-0.2, -0.15) is 0 Å². The second-order valence-electron chi connectivity index (χ2n) is 5.50. The van der Waals surface area contributed by atoms with Crippen LogP contribution in [0, 0.1) is 6.92 Å². The van der Waals surface area contributed by atoms with Gasteiger partial charge in [-0.05, 0) is 43.0 Å². The second kappa shape index (κ2) is 6.91. The zero-order chi connectivity index (χ0) is 15.4. The van der Waals surface area contributed by atoms with Gasteiger partial charge in [0.2, 0.25) is 0 Å². The highest BCUT2D eigenvalue weighted by atomic mass is 16.5. The average molecular weight is 293 g/mol. The van der Waals surface area contributed by atoms with Crippen LogP contribution in [0.25, 0.3) is 0 Å². The number of nitrogens with one attached hydrogen (secondary N) is 1. The Morgan fingerprint density at radius 1 is 1.43 bits per heavy atom. The highest BCUT2D eigenvalue weighted by molar-refractivity contribution is 5.70. The number of carbonyl (C=O) groups is 1. The summed E-state index contributed by atoms with van der Waals surface area (Å²) in [5.41, 5.74) is 1.73. The molecule has 1 saturated carbocycles. The molecule has 0 bridgehead atoms. The van der Waals surface area contributed by atoms with E-state index in [1.54, 1.807) is 7.11 Å². The predicted molar refractivity (Wildman–Crippen MR) is 79.3 cm³/mol. The van der Waals surface area contributed by atoms with E-state index in [1.165, 1.54) is 7.11 Å². The number of carbonyl (C=O) groups excluding carboxylic acids is 1. The van der Waals surface area contributed by atoms with Crippen molar-refractivity contribution in [3.63, 3.8) is 0 Å². The van der Waals surface area contributed by atoms with Crippen LogP contribution in [-0.4, -0.2) is 37.4 Å². The summed E-state index contributed by atoms with van der Waals surface area (Å²) in [4.78, 5) is 11.5. The molecule has 1 aromatic carbocycles. The Labute approximate surface area is 125 Å². The van der Waals surface area contributed by atoms with Gasteiger partial charge in [0.15, 0.2) is 0 Å². The van der Waals surface area contributed by atoms with Crippen LogP contribution in [0.1, 0.15) is 36.5 Å². The molecule has 2 rings (SSSR count). The maximum absolute atomic E-state index is 11.5. The number of hydrogen-bond donors (Lipinski definition) is 2. The van der Waals surface area contributed by atoms with E-state index in [1.807, 2.05) is 25.1 Å². The molecule has 2 unspecified atom stereocenters. The number of benzene rings is 1. The Hall–Kier alpha value is -1.59. The van der Waals surface area contributed by atoms with Crippen molar-refractivity contribution in [1.29, 1.82) is 0 Å². The Balaban J connectivity index is 2.13. The van der Waals surface area contributed by atoms with E-state index in [9.17, 15) is 9.90 Å². The zero-order valence-corrected chi connectivity index (χ0v) is 12.8. The highest BCUT2D eigenvalue weighted by Crippen LogP contribution is 2.28. The first-order valence-corrected chi connectivity index (χ1v) is 7.20. The fraction of sp³-hybridized carbons (Fsp3) is 0.562. The van der Waals surface area contributed by atoms with Gasteiger partial charge in [-0.25, -0.2) is 0 Å². The second-order valence-corrected chi connectivity index (χ2v) is 5.50. The summed E-state index contributed by atoms with van der Waals surface area (Å²) in [6.45, 7) is 1.93. The largest absolute Gasteiger partial charge is 0.496 e. The summed E-state index contributed by atoms with van der Waals surface area (Å²) in [6, 6.07) is 5.61. The van der Waals surface area contributed by atoms with Crippen LogP contribution >= 0.6 is 0 Å². The molecule has 2 N–H and O–H groups in total. The SMILES string of the molecule is COC(=O)CC(NC1CC1)C(O)c1ccc(OC)c(C)c1. The minimum Gasteiger partial charge on any atom is -0.496 e. The van der Waals surface area contributed by atoms with Crippen molar-refractivity contribution in [3.05, 3.63) is 29.3 Å². The number of esters is 1. The summed E-state index contributed by atoms with van der Waals surface area (Å²) in [7, 11) is 2.98. The van der Waals surface area contributed by atoms with Crippen molar-refractivity contribution in [2.45, 2.75) is 44.4 Å². The van der Waals surface area contributed by atoms with E-state index < -0.39 is 6.10 Å². The number of methoxy groups -OCH3 is 2. The number of aliphatic hydroxyl groups excluding tert-OH is 1. The van der Waals surface area contributed by atoms with Crippen molar-refractivity contribution in [2.24, 2.45) is 0 Å². The summed E-state index contributed by atoms with van der Waals surface area (Å²) in [6.07, 6.45) is 1.58. The molecule has 0 aliphatic heterocycles. The summed E-state index contributed by atoms with van der Waals surface area (Å²) < 4.78 is 9.94. The van der Waals surface area contributed by atoms with E-state index >= 15 is 0 Å². The predicted octanol–water partition coefficient (Wildman–Crippen LogP) is 1.72. The molecule has 0 radical (unpaired) electrons. The van der Waals surface area contributed by atoms with Gasteiger partial charge in [0.05, 0.1) is 26.7 Å². The molecule has 0 spiro atoms. The van der Waals surface area contributed by atoms with Crippen LogP contribution in [0.4, 0.5) is 0 Å². The van der Waals surface area contributed by atoms with Crippen LogP contribution in [0.3, 0.4) is 0 Å². The first kappa shape index (κ1) is 15.8. The lowest BCUT2D eigenvalue weighted by Gasteiger charge is -2.24. The molecule has 2 atom stereocenters. The molecular formula is C16H23NO4. The Kier molecular flexibility index (Phi) is 5.20. The lowest BCUT2D eigenvalue weighted by molar-refractivity contribution is -0.142. The number of aliphatic hydroxyl groups is 1. The van der Waals surface area contributed by atoms with Crippen LogP contribution in [-0.2, 0) is 9.53 Å². The Bertz CT molecular complexity index is 499. The topological polar surface area (TPSA) is 67.8 Å². The molecule has 21 heavy (non-hydrogen) atoms. The normalized spacial score (nSPS) is 17.1. The standard InChI is InChI=1S/C16H23NO4/c1-10-8-11(4-7-14(10)20-2)16(19)13(9-15(18)21-3)17-12-5-6-12/h4,7-8,12-13,16-17,19H,5-6,9H2,1-3H3. The first-order valence-electron chi connectivity index (χ1n) is 7.20. The zero-order valence-electron chi connectivity index (χ0n) is 12.8. The van der Waals surface area contributed by atoms with Crippen LogP contribution in [0.15, 0.2) is 18.2 Å². The number of ether oxygens (including phenoxy) is 2. The van der Waals surface area contributed by atoms with Gasteiger partial charge < -0.3 is 19.9 Å². The van der Waals surface area contributed by atoms with Gasteiger partial charge >= 0.3 is 5.97 Å². The number of rotatable bonds is 7. The minimum atomic E-state index is -0.755. The molecule has 0 saturated heterocycles. The maximum Gasteiger partial charge on any atom is 0.307 e. The molecule has 1 fully saturated rings. The maximum atomic E-state index is 11.5. The number of hydrogen-bond acceptors (Lipinski definition) is 5. The first-order chi connectivity index (χ1) is 10.0. The number of aryl methyl sites for hydroxylation is 1. The van der Waals surface area contributed by atoms with E-state index in [2.05, 4.69) is 5.32 Å². The molecule has 0 amide bonds. The molecule has 116 valence electrons. The van der Waals surface area contributed by atoms with Gasteiger partial charge in [-0.1, -0.05) is 6.07 Å². The van der Waals surface area contributed by atoms with E-state index in [4.69, 9.17) is 9.47 Å². The summed E-state index contributed by atoms with van der Waals surface area (Å²) >= 11 is 0. The van der Waals surface area contributed by atoms with Crippen LogP contribution in [0.2, 0.25) is 0 Å². The van der Waals surface area contributed by atoms with Gasteiger partial charge in [0.25, 0.3) is 0 Å². The fourth-order valence-corrected chi connectivity index (χ4v) is 2.40.